The zero-order valence-corrected chi connectivity index (χ0v) is 22.0. The Morgan fingerprint density at radius 3 is 1.65 bits per heavy atom. The van der Waals surface area contributed by atoms with Gasteiger partial charge in [0, 0.05) is 0 Å². The number of fused-ring (bicyclic) bond motifs is 5. The molecule has 186 valence electrons. The van der Waals surface area contributed by atoms with Crippen molar-refractivity contribution in [2.24, 2.45) is 0 Å². The molecule has 0 unspecified atom stereocenters. The van der Waals surface area contributed by atoms with Crippen LogP contribution in [0.2, 0.25) is 0 Å². The van der Waals surface area contributed by atoms with Crippen molar-refractivity contribution in [1.29, 1.82) is 0 Å². The lowest BCUT2D eigenvalue weighted by atomic mass is 9.82. The van der Waals surface area contributed by atoms with Gasteiger partial charge >= 0.3 is 0 Å². The van der Waals surface area contributed by atoms with Crippen LogP contribution in [0.25, 0.3) is 76.5 Å². The molecule has 0 saturated heterocycles. The first kappa shape index (κ1) is 22.8. The highest BCUT2D eigenvalue weighted by Gasteiger charge is 2.20. The average Bonchev–Trinajstić information content (AvgIpc) is 3.03. The molecule has 0 fully saturated rings. The summed E-state index contributed by atoms with van der Waals surface area (Å²) in [6.45, 7) is 0. The fraction of sp³-hybridized carbons (Fsp3) is 0. The summed E-state index contributed by atoms with van der Waals surface area (Å²) in [5, 5.41) is 10.2. The number of benzene rings is 8. The van der Waals surface area contributed by atoms with E-state index in [4.69, 9.17) is 0 Å². The molecule has 0 aromatic heterocycles. The maximum Gasteiger partial charge on any atom is -0.00139 e. The third-order valence-electron chi connectivity index (χ3n) is 8.23. The quantitative estimate of drug-likeness (QED) is 0.165. The topological polar surface area (TPSA) is 0 Å². The van der Waals surface area contributed by atoms with Gasteiger partial charge in [0.15, 0.2) is 0 Å². The van der Waals surface area contributed by atoms with Crippen LogP contribution >= 0.6 is 0 Å². The normalized spacial score (nSPS) is 11.5. The van der Waals surface area contributed by atoms with E-state index >= 15 is 0 Å². The minimum atomic E-state index is 1.23. The molecule has 0 spiro atoms. The van der Waals surface area contributed by atoms with Gasteiger partial charge in [0.05, 0.1) is 0 Å². The van der Waals surface area contributed by atoms with E-state index in [2.05, 4.69) is 158 Å². The van der Waals surface area contributed by atoms with Gasteiger partial charge in [-0.15, -0.1) is 0 Å². The summed E-state index contributed by atoms with van der Waals surface area (Å²) in [7, 11) is 0. The van der Waals surface area contributed by atoms with Crippen LogP contribution in [-0.4, -0.2) is 0 Å². The third kappa shape index (κ3) is 3.54. The lowest BCUT2D eigenvalue weighted by molar-refractivity contribution is 1.61. The van der Waals surface area contributed by atoms with Crippen molar-refractivity contribution in [2.45, 2.75) is 0 Å². The lowest BCUT2D eigenvalue weighted by Gasteiger charge is -2.21. The van der Waals surface area contributed by atoms with Gasteiger partial charge in [-0.25, -0.2) is 0 Å². The maximum atomic E-state index is 2.35. The summed E-state index contributed by atoms with van der Waals surface area (Å²) >= 11 is 0. The second-order valence-corrected chi connectivity index (χ2v) is 10.5. The molecular formula is C40H26. The second-order valence-electron chi connectivity index (χ2n) is 10.5. The zero-order chi connectivity index (χ0) is 26.5. The monoisotopic (exact) mass is 506 g/mol. The van der Waals surface area contributed by atoms with E-state index in [1.165, 1.54) is 76.5 Å². The predicted octanol–water partition coefficient (Wildman–Crippen LogP) is 11.3. The standard InChI is InChI=1S/C40H26/c1-2-13-28(14-3-1)32-17-8-9-19-34(32)40-36-21-11-10-20-35(36)38(31-23-22-27-12-4-5-16-30(27)26-31)37-25-24-29-15-6-7-18-33(29)39(37)40/h1-26H. The van der Waals surface area contributed by atoms with E-state index in [1.807, 2.05) is 0 Å². The van der Waals surface area contributed by atoms with Crippen molar-refractivity contribution in [3.63, 3.8) is 0 Å². The molecule has 0 aliphatic heterocycles. The number of hydrogen-bond donors (Lipinski definition) is 0. The summed E-state index contributed by atoms with van der Waals surface area (Å²) in [5.74, 6) is 0. The van der Waals surface area contributed by atoms with Gasteiger partial charge in [0.2, 0.25) is 0 Å². The Hall–Kier alpha value is -5.20. The minimum Gasteiger partial charge on any atom is -0.0622 e. The van der Waals surface area contributed by atoms with Crippen LogP contribution in [0.3, 0.4) is 0 Å². The predicted molar refractivity (Wildman–Crippen MR) is 173 cm³/mol. The van der Waals surface area contributed by atoms with Crippen LogP contribution < -0.4 is 0 Å². The van der Waals surface area contributed by atoms with Gasteiger partial charge in [-0.2, -0.15) is 0 Å². The minimum absolute atomic E-state index is 1.23. The average molecular weight is 507 g/mol. The Morgan fingerprint density at radius 2 is 0.850 bits per heavy atom. The van der Waals surface area contributed by atoms with Gasteiger partial charge in [-0.3, -0.25) is 0 Å². The molecule has 0 radical (unpaired) electrons. The molecule has 40 heavy (non-hydrogen) atoms. The molecule has 0 N–H and O–H groups in total. The molecule has 0 aliphatic carbocycles. The molecule has 8 aromatic rings. The fourth-order valence-corrected chi connectivity index (χ4v) is 6.45. The summed E-state index contributed by atoms with van der Waals surface area (Å²) < 4.78 is 0. The van der Waals surface area contributed by atoms with Crippen molar-refractivity contribution in [1.82, 2.24) is 0 Å². The van der Waals surface area contributed by atoms with Crippen molar-refractivity contribution < 1.29 is 0 Å². The van der Waals surface area contributed by atoms with Crippen LogP contribution in [0, 0.1) is 0 Å². The summed E-state index contributed by atoms with van der Waals surface area (Å²) in [6, 6.07) is 57.5. The zero-order valence-electron chi connectivity index (χ0n) is 22.0. The molecular weight excluding hydrogens is 480 g/mol. The third-order valence-corrected chi connectivity index (χ3v) is 8.23. The van der Waals surface area contributed by atoms with E-state index in [1.54, 1.807) is 0 Å². The molecule has 0 atom stereocenters. The molecule has 0 aliphatic rings. The molecule has 0 amide bonds. The molecule has 0 heteroatoms. The summed E-state index contributed by atoms with van der Waals surface area (Å²) in [5.41, 5.74) is 7.58. The van der Waals surface area contributed by atoms with Crippen LogP contribution in [0.5, 0.6) is 0 Å². The highest BCUT2D eigenvalue weighted by molar-refractivity contribution is 6.28. The first-order chi connectivity index (χ1) is 19.9. The number of rotatable bonds is 3. The Labute approximate surface area is 233 Å². The second kappa shape index (κ2) is 9.22. The lowest BCUT2D eigenvalue weighted by Crippen LogP contribution is -1.93. The van der Waals surface area contributed by atoms with Crippen LogP contribution in [-0.2, 0) is 0 Å². The number of hydrogen-bond acceptors (Lipinski definition) is 0. The molecule has 0 bridgehead atoms. The Kier molecular flexibility index (Phi) is 5.24. The van der Waals surface area contributed by atoms with Crippen molar-refractivity contribution in [2.75, 3.05) is 0 Å². The Bertz CT molecular complexity index is 2200. The molecule has 8 rings (SSSR count). The fourth-order valence-electron chi connectivity index (χ4n) is 6.45. The van der Waals surface area contributed by atoms with Crippen LogP contribution in [0.4, 0.5) is 0 Å². The van der Waals surface area contributed by atoms with E-state index in [9.17, 15) is 0 Å². The van der Waals surface area contributed by atoms with Crippen molar-refractivity contribution in [3.8, 4) is 33.4 Å². The Balaban J connectivity index is 1.58. The van der Waals surface area contributed by atoms with E-state index in [-0.39, 0.29) is 0 Å². The van der Waals surface area contributed by atoms with E-state index in [0.29, 0.717) is 0 Å². The van der Waals surface area contributed by atoms with Gasteiger partial charge in [-0.1, -0.05) is 152 Å². The van der Waals surface area contributed by atoms with E-state index < -0.39 is 0 Å². The summed E-state index contributed by atoms with van der Waals surface area (Å²) in [4.78, 5) is 0. The first-order valence-corrected chi connectivity index (χ1v) is 13.9. The summed E-state index contributed by atoms with van der Waals surface area (Å²) in [6.07, 6.45) is 0. The van der Waals surface area contributed by atoms with Gasteiger partial charge in [0.1, 0.15) is 0 Å². The van der Waals surface area contributed by atoms with Gasteiger partial charge in [0.25, 0.3) is 0 Å². The van der Waals surface area contributed by atoms with Gasteiger partial charge < -0.3 is 0 Å². The highest BCUT2D eigenvalue weighted by atomic mass is 14.2. The first-order valence-electron chi connectivity index (χ1n) is 13.9. The molecule has 0 saturated carbocycles. The molecule has 0 heterocycles. The van der Waals surface area contributed by atoms with Gasteiger partial charge in [-0.05, 0) is 82.5 Å². The SMILES string of the molecule is c1ccc(-c2ccccc2-c2c3ccccc3c(-c3ccc4ccccc4c3)c3ccc4ccccc4c23)cc1. The maximum absolute atomic E-state index is 2.35. The van der Waals surface area contributed by atoms with E-state index in [0.717, 1.165) is 0 Å². The smallest absolute Gasteiger partial charge is 0.00139 e. The highest BCUT2D eigenvalue weighted by Crippen LogP contribution is 2.48. The largest absolute Gasteiger partial charge is 0.0622 e. The Morgan fingerprint density at radius 1 is 0.275 bits per heavy atom. The molecule has 8 aromatic carbocycles. The molecule has 0 nitrogen and oxygen atoms in total. The van der Waals surface area contributed by atoms with Crippen molar-refractivity contribution in [3.05, 3.63) is 158 Å². The van der Waals surface area contributed by atoms with Crippen LogP contribution in [0.1, 0.15) is 0 Å². The van der Waals surface area contributed by atoms with Crippen molar-refractivity contribution >= 4 is 43.1 Å². The van der Waals surface area contributed by atoms with Crippen LogP contribution in [0.15, 0.2) is 158 Å².